The van der Waals surface area contributed by atoms with Crippen LogP contribution in [0.4, 0.5) is 0 Å². The zero-order valence-corrected chi connectivity index (χ0v) is 12.3. The van der Waals surface area contributed by atoms with E-state index in [-0.39, 0.29) is 0 Å². The van der Waals surface area contributed by atoms with Crippen LogP contribution < -0.4 is 5.32 Å². The van der Waals surface area contributed by atoms with E-state index in [2.05, 4.69) is 26.1 Å². The maximum atomic E-state index is 5.79. The van der Waals surface area contributed by atoms with Crippen molar-refractivity contribution in [2.24, 2.45) is 17.8 Å². The summed E-state index contributed by atoms with van der Waals surface area (Å²) in [4.78, 5) is 0. The van der Waals surface area contributed by atoms with Gasteiger partial charge in [-0.2, -0.15) is 0 Å². The van der Waals surface area contributed by atoms with E-state index < -0.39 is 0 Å². The highest BCUT2D eigenvalue weighted by Gasteiger charge is 2.30. The number of nitrogens with one attached hydrogen (secondary N) is 1. The molecular formula is C15H24ClNO. The molecule has 1 aliphatic carbocycles. The zero-order valence-electron chi connectivity index (χ0n) is 11.6. The van der Waals surface area contributed by atoms with Gasteiger partial charge in [0, 0.05) is 6.04 Å². The maximum absolute atomic E-state index is 5.79. The third-order valence-corrected chi connectivity index (χ3v) is 4.39. The van der Waals surface area contributed by atoms with Gasteiger partial charge in [-0.05, 0) is 54.3 Å². The van der Waals surface area contributed by atoms with Crippen molar-refractivity contribution in [1.29, 1.82) is 0 Å². The average molecular weight is 270 g/mol. The van der Waals surface area contributed by atoms with Crippen LogP contribution in [0.1, 0.15) is 45.8 Å². The fourth-order valence-electron chi connectivity index (χ4n) is 3.12. The summed E-state index contributed by atoms with van der Waals surface area (Å²) in [6.07, 6.45) is 3.99. The molecule has 1 N–H and O–H groups in total. The molecule has 0 radical (unpaired) electrons. The molecule has 1 fully saturated rings. The van der Waals surface area contributed by atoms with Crippen molar-refractivity contribution in [2.75, 3.05) is 0 Å². The first-order chi connectivity index (χ1) is 8.56. The van der Waals surface area contributed by atoms with E-state index in [1.807, 2.05) is 12.1 Å². The molecule has 0 saturated heterocycles. The van der Waals surface area contributed by atoms with Crippen molar-refractivity contribution >= 4 is 11.6 Å². The van der Waals surface area contributed by atoms with Crippen LogP contribution in [0.2, 0.25) is 5.22 Å². The van der Waals surface area contributed by atoms with Crippen molar-refractivity contribution in [3.8, 4) is 0 Å². The van der Waals surface area contributed by atoms with Crippen LogP contribution in [0.15, 0.2) is 16.5 Å². The van der Waals surface area contributed by atoms with E-state index in [9.17, 15) is 0 Å². The van der Waals surface area contributed by atoms with Crippen LogP contribution >= 0.6 is 11.6 Å². The lowest BCUT2D eigenvalue weighted by Gasteiger charge is -2.37. The molecule has 1 aromatic rings. The van der Waals surface area contributed by atoms with Crippen LogP contribution in [0.5, 0.6) is 0 Å². The van der Waals surface area contributed by atoms with Crippen molar-refractivity contribution < 1.29 is 4.42 Å². The molecule has 0 aliphatic heterocycles. The molecule has 3 heteroatoms. The van der Waals surface area contributed by atoms with Gasteiger partial charge in [0.1, 0.15) is 5.76 Å². The molecular weight excluding hydrogens is 246 g/mol. The van der Waals surface area contributed by atoms with Gasteiger partial charge in [0.15, 0.2) is 5.22 Å². The normalized spacial score (nSPS) is 28.8. The van der Waals surface area contributed by atoms with Gasteiger partial charge < -0.3 is 9.73 Å². The summed E-state index contributed by atoms with van der Waals surface area (Å²) in [6.45, 7) is 7.81. The molecule has 1 aliphatic rings. The Morgan fingerprint density at radius 2 is 2.17 bits per heavy atom. The molecule has 18 heavy (non-hydrogen) atoms. The second-order valence-corrected chi connectivity index (χ2v) is 6.39. The Balaban J connectivity index is 1.92. The van der Waals surface area contributed by atoms with Crippen LogP contribution in [0.25, 0.3) is 0 Å². The van der Waals surface area contributed by atoms with E-state index in [0.29, 0.717) is 11.3 Å². The SMILES string of the molecule is CC1CCC(C(C)C)C(NCc2ccc(Cl)o2)C1. The van der Waals surface area contributed by atoms with Crippen LogP contribution in [0, 0.1) is 17.8 Å². The van der Waals surface area contributed by atoms with Crippen molar-refractivity contribution in [3.63, 3.8) is 0 Å². The lowest BCUT2D eigenvalue weighted by atomic mass is 9.74. The topological polar surface area (TPSA) is 25.2 Å². The van der Waals surface area contributed by atoms with Gasteiger partial charge in [-0.25, -0.2) is 0 Å². The summed E-state index contributed by atoms with van der Waals surface area (Å²) in [6, 6.07) is 4.37. The van der Waals surface area contributed by atoms with Gasteiger partial charge in [0.2, 0.25) is 0 Å². The highest BCUT2D eigenvalue weighted by atomic mass is 35.5. The molecule has 1 aromatic heterocycles. The predicted molar refractivity (Wildman–Crippen MR) is 75.7 cm³/mol. The number of halogens is 1. The minimum Gasteiger partial charge on any atom is -0.448 e. The highest BCUT2D eigenvalue weighted by Crippen LogP contribution is 2.33. The standard InChI is InChI=1S/C15H24ClNO/c1-10(2)13-6-4-11(3)8-14(13)17-9-12-5-7-15(16)18-12/h5,7,10-11,13-14,17H,4,6,8-9H2,1-3H3. The van der Waals surface area contributed by atoms with Gasteiger partial charge >= 0.3 is 0 Å². The monoisotopic (exact) mass is 269 g/mol. The lowest BCUT2D eigenvalue weighted by molar-refractivity contribution is 0.167. The molecule has 1 saturated carbocycles. The molecule has 2 nitrogen and oxygen atoms in total. The molecule has 0 bridgehead atoms. The Bertz CT molecular complexity index is 374. The fourth-order valence-corrected chi connectivity index (χ4v) is 3.28. The molecule has 3 unspecified atom stereocenters. The molecule has 0 aromatic carbocycles. The molecule has 2 rings (SSSR count). The summed E-state index contributed by atoms with van der Waals surface area (Å²) >= 11 is 5.79. The third-order valence-electron chi connectivity index (χ3n) is 4.19. The van der Waals surface area contributed by atoms with E-state index in [1.165, 1.54) is 19.3 Å². The first-order valence-electron chi connectivity index (χ1n) is 7.04. The van der Waals surface area contributed by atoms with Crippen molar-refractivity contribution in [1.82, 2.24) is 5.32 Å². The van der Waals surface area contributed by atoms with Crippen molar-refractivity contribution in [2.45, 2.75) is 52.6 Å². The second-order valence-electron chi connectivity index (χ2n) is 6.02. The van der Waals surface area contributed by atoms with Gasteiger partial charge in [0.05, 0.1) is 6.54 Å². The minimum atomic E-state index is 0.476. The number of hydrogen-bond donors (Lipinski definition) is 1. The Morgan fingerprint density at radius 3 is 2.78 bits per heavy atom. The Hall–Kier alpha value is -0.470. The summed E-state index contributed by atoms with van der Waals surface area (Å²) in [5.41, 5.74) is 0. The van der Waals surface area contributed by atoms with Gasteiger partial charge in [0.25, 0.3) is 0 Å². The quantitative estimate of drug-likeness (QED) is 0.872. The summed E-state index contributed by atoms with van der Waals surface area (Å²) in [5, 5.41) is 4.14. The average Bonchev–Trinajstić information content (AvgIpc) is 2.72. The van der Waals surface area contributed by atoms with Gasteiger partial charge in [-0.1, -0.05) is 27.2 Å². The zero-order chi connectivity index (χ0) is 13.1. The molecule has 102 valence electrons. The first kappa shape index (κ1) is 14.0. The number of furan rings is 1. The maximum Gasteiger partial charge on any atom is 0.193 e. The fraction of sp³-hybridized carbons (Fsp3) is 0.733. The third kappa shape index (κ3) is 3.52. The van der Waals surface area contributed by atoms with Crippen LogP contribution in [0.3, 0.4) is 0 Å². The van der Waals surface area contributed by atoms with Gasteiger partial charge in [-0.15, -0.1) is 0 Å². The number of rotatable bonds is 4. The summed E-state index contributed by atoms with van der Waals surface area (Å²) in [7, 11) is 0. The molecule has 0 spiro atoms. The van der Waals surface area contributed by atoms with E-state index >= 15 is 0 Å². The van der Waals surface area contributed by atoms with Crippen LogP contribution in [-0.2, 0) is 6.54 Å². The minimum absolute atomic E-state index is 0.476. The first-order valence-corrected chi connectivity index (χ1v) is 7.41. The molecule has 3 atom stereocenters. The number of hydrogen-bond acceptors (Lipinski definition) is 2. The molecule has 1 heterocycles. The summed E-state index contributed by atoms with van der Waals surface area (Å²) < 4.78 is 5.40. The van der Waals surface area contributed by atoms with E-state index in [0.717, 1.165) is 30.1 Å². The van der Waals surface area contributed by atoms with E-state index in [4.69, 9.17) is 16.0 Å². The second kappa shape index (κ2) is 6.12. The van der Waals surface area contributed by atoms with Crippen molar-refractivity contribution in [3.05, 3.63) is 23.1 Å². The lowest BCUT2D eigenvalue weighted by Crippen LogP contribution is -2.42. The highest BCUT2D eigenvalue weighted by molar-refractivity contribution is 6.28. The Morgan fingerprint density at radius 1 is 1.39 bits per heavy atom. The Labute approximate surface area is 115 Å². The van der Waals surface area contributed by atoms with Gasteiger partial charge in [-0.3, -0.25) is 0 Å². The largest absolute Gasteiger partial charge is 0.448 e. The van der Waals surface area contributed by atoms with E-state index in [1.54, 1.807) is 0 Å². The predicted octanol–water partition coefficient (Wildman–Crippen LogP) is 4.48. The summed E-state index contributed by atoms with van der Waals surface area (Å²) in [5.74, 6) is 3.29. The smallest absolute Gasteiger partial charge is 0.193 e. The van der Waals surface area contributed by atoms with Crippen LogP contribution in [-0.4, -0.2) is 6.04 Å². The molecule has 0 amide bonds. The Kier molecular flexibility index (Phi) is 4.74.